The largest absolute Gasteiger partial charge is 0.0811 e. The van der Waals surface area contributed by atoms with Crippen molar-refractivity contribution in [2.75, 3.05) is 0 Å². The maximum atomic E-state index is 2.31. The summed E-state index contributed by atoms with van der Waals surface area (Å²) in [6.45, 7) is 6.82. The van der Waals surface area contributed by atoms with E-state index < -0.39 is 0 Å². The van der Waals surface area contributed by atoms with Crippen molar-refractivity contribution >= 4 is 0 Å². The molecule has 0 aromatic heterocycles. The van der Waals surface area contributed by atoms with E-state index in [4.69, 9.17) is 0 Å². The Morgan fingerprint density at radius 3 is 2.60 bits per heavy atom. The summed E-state index contributed by atoms with van der Waals surface area (Å²) in [4.78, 5) is 0. The molecule has 0 heteroatoms. The minimum atomic E-state index is 0.736. The fraction of sp³-hybridized carbons (Fsp3) is 0.600. The smallest absolute Gasteiger partial charge is 0.0168 e. The molecule has 0 spiro atoms. The van der Waals surface area contributed by atoms with E-state index in [0.29, 0.717) is 0 Å². The van der Waals surface area contributed by atoms with Crippen molar-refractivity contribution in [2.45, 2.75) is 27.2 Å². The van der Waals surface area contributed by atoms with Gasteiger partial charge in [-0.3, -0.25) is 0 Å². The Balaban J connectivity index is 2.71. The van der Waals surface area contributed by atoms with Crippen LogP contribution in [0.25, 0.3) is 0 Å². The van der Waals surface area contributed by atoms with Gasteiger partial charge in [-0.2, -0.15) is 0 Å². The number of allylic oxidation sites excluding steroid dienone is 4. The maximum absolute atomic E-state index is 2.31. The van der Waals surface area contributed by atoms with Gasteiger partial charge in [-0.15, -0.1) is 0 Å². The molecule has 0 radical (unpaired) electrons. The van der Waals surface area contributed by atoms with E-state index in [1.807, 2.05) is 0 Å². The van der Waals surface area contributed by atoms with Gasteiger partial charge in [-0.25, -0.2) is 0 Å². The van der Waals surface area contributed by atoms with E-state index in [1.165, 1.54) is 6.42 Å². The predicted molar refractivity (Wildman–Crippen MR) is 45.8 cm³/mol. The summed E-state index contributed by atoms with van der Waals surface area (Å²) in [7, 11) is 0. The van der Waals surface area contributed by atoms with Crippen LogP contribution in [-0.2, 0) is 0 Å². The summed E-state index contributed by atoms with van der Waals surface area (Å²) in [6.07, 6.45) is 7.92. The average molecular weight is 136 g/mol. The normalized spacial score (nSPS) is 32.1. The molecule has 0 nitrogen and oxygen atoms in total. The standard InChI is InChI=1S/C10H16/c1-4-10-7-5-6-8(2)9(10)3/h5-9H,4H2,1-3H3/t8-,9-/m1/s1. The Hall–Kier alpha value is -0.520. The average Bonchev–Trinajstić information content (AvgIpc) is 1.95. The SMILES string of the molecule is CCC1=CC=C[C@@H](C)[C@H]1C. The first kappa shape index (κ1) is 7.59. The van der Waals surface area contributed by atoms with Crippen LogP contribution < -0.4 is 0 Å². The number of hydrogen-bond donors (Lipinski definition) is 0. The molecule has 0 aromatic carbocycles. The molecule has 0 saturated heterocycles. The Labute approximate surface area is 63.6 Å². The molecule has 1 aliphatic carbocycles. The van der Waals surface area contributed by atoms with Crippen LogP contribution in [0.3, 0.4) is 0 Å². The Morgan fingerprint density at radius 1 is 1.40 bits per heavy atom. The van der Waals surface area contributed by atoms with Crippen LogP contribution in [0.4, 0.5) is 0 Å². The van der Waals surface area contributed by atoms with Gasteiger partial charge in [-0.05, 0) is 18.3 Å². The van der Waals surface area contributed by atoms with Crippen LogP contribution in [0.15, 0.2) is 23.8 Å². The van der Waals surface area contributed by atoms with Crippen LogP contribution in [0.1, 0.15) is 27.2 Å². The fourth-order valence-electron chi connectivity index (χ4n) is 1.45. The lowest BCUT2D eigenvalue weighted by Gasteiger charge is -2.22. The summed E-state index contributed by atoms with van der Waals surface area (Å²) < 4.78 is 0. The van der Waals surface area contributed by atoms with Crippen molar-refractivity contribution in [3.05, 3.63) is 23.8 Å². The second-order valence-corrected chi connectivity index (χ2v) is 3.13. The Bertz CT molecular complexity index is 163. The predicted octanol–water partition coefficient (Wildman–Crippen LogP) is 3.16. The Morgan fingerprint density at radius 2 is 2.10 bits per heavy atom. The van der Waals surface area contributed by atoms with E-state index in [-0.39, 0.29) is 0 Å². The maximum Gasteiger partial charge on any atom is -0.0168 e. The molecule has 0 amide bonds. The lowest BCUT2D eigenvalue weighted by Crippen LogP contribution is -2.10. The van der Waals surface area contributed by atoms with Gasteiger partial charge >= 0.3 is 0 Å². The van der Waals surface area contributed by atoms with Crippen molar-refractivity contribution in [2.24, 2.45) is 11.8 Å². The van der Waals surface area contributed by atoms with E-state index >= 15 is 0 Å². The highest BCUT2D eigenvalue weighted by atomic mass is 14.2. The van der Waals surface area contributed by atoms with E-state index in [9.17, 15) is 0 Å². The summed E-state index contributed by atoms with van der Waals surface area (Å²) >= 11 is 0. The molecule has 2 atom stereocenters. The van der Waals surface area contributed by atoms with Gasteiger partial charge in [0.15, 0.2) is 0 Å². The lowest BCUT2D eigenvalue weighted by atomic mass is 9.84. The van der Waals surface area contributed by atoms with Gasteiger partial charge in [0.2, 0.25) is 0 Å². The van der Waals surface area contributed by atoms with Crippen LogP contribution >= 0.6 is 0 Å². The molecule has 0 N–H and O–H groups in total. The van der Waals surface area contributed by atoms with Gasteiger partial charge in [0.25, 0.3) is 0 Å². The molecule has 56 valence electrons. The molecule has 0 bridgehead atoms. The summed E-state index contributed by atoms with van der Waals surface area (Å²) in [6, 6.07) is 0. The van der Waals surface area contributed by atoms with Crippen molar-refractivity contribution in [3.63, 3.8) is 0 Å². The highest BCUT2D eigenvalue weighted by Crippen LogP contribution is 2.26. The van der Waals surface area contributed by atoms with Gasteiger partial charge in [0.05, 0.1) is 0 Å². The first-order chi connectivity index (χ1) is 4.75. The molecular formula is C10H16. The second kappa shape index (κ2) is 3.05. The molecule has 0 fully saturated rings. The molecular weight excluding hydrogens is 120 g/mol. The van der Waals surface area contributed by atoms with Crippen LogP contribution in [0.5, 0.6) is 0 Å². The fourth-order valence-corrected chi connectivity index (χ4v) is 1.45. The Kier molecular flexibility index (Phi) is 2.31. The summed E-state index contributed by atoms with van der Waals surface area (Å²) in [5.41, 5.74) is 1.59. The third kappa shape index (κ3) is 1.31. The summed E-state index contributed by atoms with van der Waals surface area (Å²) in [5.74, 6) is 1.50. The highest BCUT2D eigenvalue weighted by molar-refractivity contribution is 5.21. The summed E-state index contributed by atoms with van der Waals surface area (Å²) in [5, 5.41) is 0. The van der Waals surface area contributed by atoms with Crippen LogP contribution in [-0.4, -0.2) is 0 Å². The zero-order valence-electron chi connectivity index (χ0n) is 7.09. The monoisotopic (exact) mass is 136 g/mol. The van der Waals surface area contributed by atoms with Crippen molar-refractivity contribution < 1.29 is 0 Å². The molecule has 0 unspecified atom stereocenters. The lowest BCUT2D eigenvalue weighted by molar-refractivity contribution is 0.510. The van der Waals surface area contributed by atoms with E-state index in [1.54, 1.807) is 5.57 Å². The minimum absolute atomic E-state index is 0.736. The van der Waals surface area contributed by atoms with Crippen molar-refractivity contribution in [1.29, 1.82) is 0 Å². The van der Waals surface area contributed by atoms with Gasteiger partial charge in [-0.1, -0.05) is 44.6 Å². The third-order valence-electron chi connectivity index (χ3n) is 2.51. The van der Waals surface area contributed by atoms with Gasteiger partial charge in [0, 0.05) is 0 Å². The van der Waals surface area contributed by atoms with Gasteiger partial charge < -0.3 is 0 Å². The minimum Gasteiger partial charge on any atom is -0.0811 e. The zero-order valence-corrected chi connectivity index (χ0v) is 7.09. The first-order valence-electron chi connectivity index (χ1n) is 4.13. The third-order valence-corrected chi connectivity index (χ3v) is 2.51. The van der Waals surface area contributed by atoms with Crippen LogP contribution in [0.2, 0.25) is 0 Å². The molecule has 0 saturated carbocycles. The first-order valence-corrected chi connectivity index (χ1v) is 4.13. The van der Waals surface area contributed by atoms with E-state index in [0.717, 1.165) is 11.8 Å². The number of rotatable bonds is 1. The van der Waals surface area contributed by atoms with Crippen molar-refractivity contribution in [1.82, 2.24) is 0 Å². The van der Waals surface area contributed by atoms with E-state index in [2.05, 4.69) is 39.0 Å². The molecule has 0 aliphatic heterocycles. The topological polar surface area (TPSA) is 0 Å². The van der Waals surface area contributed by atoms with Crippen LogP contribution in [0, 0.1) is 11.8 Å². The quantitative estimate of drug-likeness (QED) is 0.519. The highest BCUT2D eigenvalue weighted by Gasteiger charge is 2.14. The molecule has 0 heterocycles. The number of hydrogen-bond acceptors (Lipinski definition) is 0. The molecule has 1 rings (SSSR count). The molecule has 10 heavy (non-hydrogen) atoms. The molecule has 0 aromatic rings. The van der Waals surface area contributed by atoms with Crippen molar-refractivity contribution in [3.8, 4) is 0 Å². The van der Waals surface area contributed by atoms with Gasteiger partial charge in [0.1, 0.15) is 0 Å². The molecule has 1 aliphatic rings. The zero-order chi connectivity index (χ0) is 7.56. The second-order valence-electron chi connectivity index (χ2n) is 3.13.